The standard InChI is InChI=1S/C20H17N/c1-2-8-15(9-3-1)20-19-13-7-6-12-18(19)17-11-5-4-10-16(17)14-21-20/h1-13,20-21H,14H2/t20-/m0/s1. The average molecular weight is 271 g/mol. The quantitative estimate of drug-likeness (QED) is 0.685. The van der Waals surface area contributed by atoms with E-state index in [-0.39, 0.29) is 6.04 Å². The molecule has 4 rings (SSSR count). The summed E-state index contributed by atoms with van der Waals surface area (Å²) in [6.07, 6.45) is 0. The van der Waals surface area contributed by atoms with Crippen molar-refractivity contribution in [1.82, 2.24) is 5.32 Å². The summed E-state index contributed by atoms with van der Waals surface area (Å²) in [5.74, 6) is 0. The molecule has 0 bridgehead atoms. The first-order valence-corrected chi connectivity index (χ1v) is 7.39. The Morgan fingerprint density at radius 3 is 2.19 bits per heavy atom. The van der Waals surface area contributed by atoms with Crippen LogP contribution in [-0.4, -0.2) is 0 Å². The van der Waals surface area contributed by atoms with Crippen LogP contribution in [0.5, 0.6) is 0 Å². The lowest BCUT2D eigenvalue weighted by atomic mass is 9.91. The van der Waals surface area contributed by atoms with E-state index in [1.54, 1.807) is 0 Å². The van der Waals surface area contributed by atoms with E-state index in [4.69, 9.17) is 0 Å². The summed E-state index contributed by atoms with van der Waals surface area (Å²) in [7, 11) is 0. The first-order chi connectivity index (χ1) is 10.4. The molecule has 1 aliphatic heterocycles. The fourth-order valence-corrected chi connectivity index (χ4v) is 3.20. The van der Waals surface area contributed by atoms with Crippen molar-refractivity contribution in [3.8, 4) is 11.1 Å². The average Bonchev–Trinajstić information content (AvgIpc) is 2.73. The monoisotopic (exact) mass is 271 g/mol. The Hall–Kier alpha value is -2.38. The van der Waals surface area contributed by atoms with Gasteiger partial charge in [-0.25, -0.2) is 0 Å². The molecule has 21 heavy (non-hydrogen) atoms. The van der Waals surface area contributed by atoms with Crippen LogP contribution >= 0.6 is 0 Å². The Labute approximate surface area is 125 Å². The fraction of sp³-hybridized carbons (Fsp3) is 0.100. The molecule has 102 valence electrons. The van der Waals surface area contributed by atoms with Crippen LogP contribution in [0.25, 0.3) is 11.1 Å². The Morgan fingerprint density at radius 2 is 1.33 bits per heavy atom. The van der Waals surface area contributed by atoms with Gasteiger partial charge in [-0.3, -0.25) is 0 Å². The fourth-order valence-electron chi connectivity index (χ4n) is 3.20. The molecule has 3 aromatic carbocycles. The Kier molecular flexibility index (Phi) is 3.06. The molecule has 1 N–H and O–H groups in total. The first-order valence-electron chi connectivity index (χ1n) is 7.39. The molecule has 0 aliphatic carbocycles. The summed E-state index contributed by atoms with van der Waals surface area (Å²) in [6.45, 7) is 0.893. The molecule has 0 amide bonds. The van der Waals surface area contributed by atoms with Gasteiger partial charge in [0.1, 0.15) is 0 Å². The predicted octanol–water partition coefficient (Wildman–Crippen LogP) is 4.55. The van der Waals surface area contributed by atoms with Crippen molar-refractivity contribution >= 4 is 0 Å². The molecular formula is C20H17N. The van der Waals surface area contributed by atoms with Crippen molar-refractivity contribution < 1.29 is 0 Å². The molecule has 0 fully saturated rings. The van der Waals surface area contributed by atoms with Gasteiger partial charge in [0.25, 0.3) is 0 Å². The van der Waals surface area contributed by atoms with Gasteiger partial charge in [-0.1, -0.05) is 78.9 Å². The van der Waals surface area contributed by atoms with Crippen LogP contribution in [0.3, 0.4) is 0 Å². The van der Waals surface area contributed by atoms with Gasteiger partial charge in [0.2, 0.25) is 0 Å². The van der Waals surface area contributed by atoms with Gasteiger partial charge >= 0.3 is 0 Å². The second-order valence-corrected chi connectivity index (χ2v) is 5.47. The number of rotatable bonds is 1. The van der Waals surface area contributed by atoms with Gasteiger partial charge < -0.3 is 5.32 Å². The van der Waals surface area contributed by atoms with E-state index >= 15 is 0 Å². The molecule has 3 aromatic rings. The van der Waals surface area contributed by atoms with Gasteiger partial charge in [0.15, 0.2) is 0 Å². The highest BCUT2D eigenvalue weighted by atomic mass is 14.9. The van der Waals surface area contributed by atoms with Crippen molar-refractivity contribution in [3.05, 3.63) is 95.6 Å². The summed E-state index contributed by atoms with van der Waals surface area (Å²) in [4.78, 5) is 0. The van der Waals surface area contributed by atoms with Gasteiger partial charge in [-0.15, -0.1) is 0 Å². The van der Waals surface area contributed by atoms with E-state index in [1.807, 2.05) is 0 Å². The SMILES string of the molecule is c1ccc([C@@H]2NCc3ccccc3-c3ccccc32)cc1. The van der Waals surface area contributed by atoms with E-state index in [0.717, 1.165) is 6.54 Å². The first kappa shape index (κ1) is 12.4. The molecule has 1 heteroatoms. The van der Waals surface area contributed by atoms with Crippen molar-refractivity contribution in [2.75, 3.05) is 0 Å². The number of benzene rings is 3. The largest absolute Gasteiger partial charge is 0.302 e. The van der Waals surface area contributed by atoms with Crippen molar-refractivity contribution in [3.63, 3.8) is 0 Å². The molecule has 0 radical (unpaired) electrons. The second kappa shape index (κ2) is 5.19. The predicted molar refractivity (Wildman–Crippen MR) is 87.0 cm³/mol. The highest BCUT2D eigenvalue weighted by molar-refractivity contribution is 5.72. The third-order valence-electron chi connectivity index (χ3n) is 4.21. The lowest BCUT2D eigenvalue weighted by molar-refractivity contribution is 0.613. The summed E-state index contributed by atoms with van der Waals surface area (Å²) in [5.41, 5.74) is 6.72. The maximum absolute atomic E-state index is 3.71. The molecule has 0 spiro atoms. The minimum atomic E-state index is 0.245. The van der Waals surface area contributed by atoms with Crippen molar-refractivity contribution in [2.24, 2.45) is 0 Å². The second-order valence-electron chi connectivity index (χ2n) is 5.47. The zero-order valence-corrected chi connectivity index (χ0v) is 11.8. The summed E-state index contributed by atoms with van der Waals surface area (Å²) in [5, 5.41) is 3.71. The zero-order valence-electron chi connectivity index (χ0n) is 11.8. The summed E-state index contributed by atoms with van der Waals surface area (Å²) < 4.78 is 0. The van der Waals surface area contributed by atoms with Crippen LogP contribution in [0.4, 0.5) is 0 Å². The van der Waals surface area contributed by atoms with Crippen LogP contribution in [0.15, 0.2) is 78.9 Å². The van der Waals surface area contributed by atoms with E-state index < -0.39 is 0 Å². The maximum atomic E-state index is 3.71. The van der Waals surface area contributed by atoms with Crippen molar-refractivity contribution in [1.29, 1.82) is 0 Å². The molecule has 1 nitrogen and oxygen atoms in total. The van der Waals surface area contributed by atoms with Gasteiger partial charge in [-0.2, -0.15) is 0 Å². The van der Waals surface area contributed by atoms with Crippen LogP contribution in [0.2, 0.25) is 0 Å². The minimum absolute atomic E-state index is 0.245. The Balaban J connectivity index is 1.92. The van der Waals surface area contributed by atoms with Crippen LogP contribution < -0.4 is 5.32 Å². The molecular weight excluding hydrogens is 254 g/mol. The van der Waals surface area contributed by atoms with Crippen LogP contribution in [-0.2, 0) is 6.54 Å². The van der Waals surface area contributed by atoms with Crippen LogP contribution in [0, 0.1) is 0 Å². The summed E-state index contributed by atoms with van der Waals surface area (Å²) in [6, 6.07) is 28.3. The number of nitrogens with one attached hydrogen (secondary N) is 1. The Morgan fingerprint density at radius 1 is 0.667 bits per heavy atom. The molecule has 0 unspecified atom stereocenters. The molecule has 1 heterocycles. The topological polar surface area (TPSA) is 12.0 Å². The van der Waals surface area contributed by atoms with E-state index in [0.29, 0.717) is 0 Å². The van der Waals surface area contributed by atoms with E-state index in [1.165, 1.54) is 27.8 Å². The molecule has 1 aliphatic rings. The van der Waals surface area contributed by atoms with E-state index in [2.05, 4.69) is 84.2 Å². The minimum Gasteiger partial charge on any atom is -0.302 e. The van der Waals surface area contributed by atoms with Gasteiger partial charge in [0.05, 0.1) is 6.04 Å². The lowest BCUT2D eigenvalue weighted by Gasteiger charge is -2.19. The van der Waals surface area contributed by atoms with E-state index in [9.17, 15) is 0 Å². The lowest BCUT2D eigenvalue weighted by Crippen LogP contribution is -2.20. The third kappa shape index (κ3) is 2.16. The van der Waals surface area contributed by atoms with Gasteiger partial charge in [-0.05, 0) is 27.8 Å². The highest BCUT2D eigenvalue weighted by Crippen LogP contribution is 2.36. The van der Waals surface area contributed by atoms with Crippen molar-refractivity contribution in [2.45, 2.75) is 12.6 Å². The molecule has 1 atom stereocenters. The third-order valence-corrected chi connectivity index (χ3v) is 4.21. The van der Waals surface area contributed by atoms with Crippen LogP contribution in [0.1, 0.15) is 22.7 Å². The molecule has 0 saturated heterocycles. The molecule has 0 saturated carbocycles. The molecule has 0 aromatic heterocycles. The number of hydrogen-bond donors (Lipinski definition) is 1. The summed E-state index contributed by atoms with van der Waals surface area (Å²) >= 11 is 0. The smallest absolute Gasteiger partial charge is 0.0585 e. The Bertz CT molecular complexity index is 762. The maximum Gasteiger partial charge on any atom is 0.0585 e. The number of fused-ring (bicyclic) bond motifs is 3. The van der Waals surface area contributed by atoms with Gasteiger partial charge in [0, 0.05) is 6.54 Å². The number of hydrogen-bond acceptors (Lipinski definition) is 1. The highest BCUT2D eigenvalue weighted by Gasteiger charge is 2.22. The zero-order chi connectivity index (χ0) is 14.1. The normalized spacial score (nSPS) is 16.7.